The minimum atomic E-state index is 0.691. The molecule has 0 bridgehead atoms. The van der Waals surface area contributed by atoms with Crippen LogP contribution in [0.5, 0.6) is 0 Å². The summed E-state index contributed by atoms with van der Waals surface area (Å²) in [6.07, 6.45) is 7.36. The first-order valence-electron chi connectivity index (χ1n) is 8.12. The molecule has 1 atom stereocenters. The van der Waals surface area contributed by atoms with Crippen LogP contribution in [-0.2, 0) is 13.1 Å². The molecule has 2 heterocycles. The molecule has 4 heteroatoms. The molecule has 0 radical (unpaired) electrons. The van der Waals surface area contributed by atoms with E-state index in [1.165, 1.54) is 37.8 Å². The molecule has 1 saturated heterocycles. The van der Waals surface area contributed by atoms with E-state index in [1.54, 1.807) is 0 Å². The quantitative estimate of drug-likeness (QED) is 0.807. The Morgan fingerprint density at radius 2 is 2.19 bits per heavy atom. The summed E-state index contributed by atoms with van der Waals surface area (Å²) in [7, 11) is 4.29. The molecule has 1 aromatic heterocycles. The van der Waals surface area contributed by atoms with Crippen LogP contribution in [-0.4, -0.2) is 47.6 Å². The third-order valence-electron chi connectivity index (χ3n) is 4.45. The van der Waals surface area contributed by atoms with Gasteiger partial charge in [-0.25, -0.2) is 0 Å². The van der Waals surface area contributed by atoms with Gasteiger partial charge in [-0.3, -0.25) is 4.90 Å². The minimum Gasteiger partial charge on any atom is -0.339 e. The number of aryl methyl sites for hydroxylation is 1. The zero-order valence-corrected chi connectivity index (χ0v) is 13.7. The average molecular weight is 288 g/mol. The summed E-state index contributed by atoms with van der Waals surface area (Å²) in [5.41, 5.74) is 2.07. The molecule has 0 aliphatic carbocycles. The van der Waals surface area contributed by atoms with Gasteiger partial charge in [-0.15, -0.1) is 0 Å². The number of rotatable bonds is 6. The normalized spacial score (nSPS) is 19.9. The molecular weight excluding hydrogens is 260 g/mol. The molecule has 0 amide bonds. The topological polar surface area (TPSA) is 35.2 Å². The highest BCUT2D eigenvalue weighted by atomic mass is 15.2. The first-order chi connectivity index (χ1) is 10.1. The van der Waals surface area contributed by atoms with Crippen molar-refractivity contribution in [2.45, 2.75) is 51.7 Å². The van der Waals surface area contributed by atoms with Crippen LogP contribution in [0.4, 0.5) is 0 Å². The van der Waals surface area contributed by atoms with E-state index in [9.17, 15) is 5.26 Å². The van der Waals surface area contributed by atoms with Crippen molar-refractivity contribution in [3.63, 3.8) is 0 Å². The molecule has 4 nitrogen and oxygen atoms in total. The van der Waals surface area contributed by atoms with E-state index in [4.69, 9.17) is 0 Å². The van der Waals surface area contributed by atoms with Gasteiger partial charge in [0.2, 0.25) is 0 Å². The molecule has 0 saturated carbocycles. The van der Waals surface area contributed by atoms with E-state index >= 15 is 0 Å². The fourth-order valence-corrected chi connectivity index (χ4v) is 3.25. The van der Waals surface area contributed by atoms with Gasteiger partial charge < -0.3 is 9.47 Å². The highest BCUT2D eigenvalue weighted by Crippen LogP contribution is 2.23. The van der Waals surface area contributed by atoms with Crippen molar-refractivity contribution in [3.05, 3.63) is 23.5 Å². The van der Waals surface area contributed by atoms with Crippen molar-refractivity contribution in [1.29, 1.82) is 5.26 Å². The molecule has 1 aromatic rings. The third kappa shape index (κ3) is 4.33. The second-order valence-corrected chi connectivity index (χ2v) is 6.34. The third-order valence-corrected chi connectivity index (χ3v) is 4.45. The second kappa shape index (κ2) is 7.63. The Labute approximate surface area is 129 Å². The van der Waals surface area contributed by atoms with Crippen LogP contribution in [0.25, 0.3) is 0 Å². The molecule has 0 aromatic carbocycles. The van der Waals surface area contributed by atoms with Gasteiger partial charge in [-0.05, 0) is 65.0 Å². The maximum atomic E-state index is 9.18. The highest BCUT2D eigenvalue weighted by molar-refractivity contribution is 5.28. The Balaban J connectivity index is 2.01. The van der Waals surface area contributed by atoms with Crippen LogP contribution in [0.1, 0.15) is 43.9 Å². The van der Waals surface area contributed by atoms with Crippen LogP contribution in [0.3, 0.4) is 0 Å². The van der Waals surface area contributed by atoms with Gasteiger partial charge in [0.05, 0.1) is 0 Å². The van der Waals surface area contributed by atoms with Crippen molar-refractivity contribution in [2.75, 3.05) is 27.2 Å². The van der Waals surface area contributed by atoms with Crippen molar-refractivity contribution >= 4 is 0 Å². The number of hydrogen-bond donors (Lipinski definition) is 0. The van der Waals surface area contributed by atoms with Gasteiger partial charge in [0.25, 0.3) is 0 Å². The maximum Gasteiger partial charge on any atom is 0.120 e. The lowest BCUT2D eigenvalue weighted by atomic mass is 9.98. The van der Waals surface area contributed by atoms with Gasteiger partial charge >= 0.3 is 0 Å². The van der Waals surface area contributed by atoms with Crippen molar-refractivity contribution in [1.82, 2.24) is 14.4 Å². The van der Waals surface area contributed by atoms with Crippen LogP contribution in [0.15, 0.2) is 12.3 Å². The average Bonchev–Trinajstić information content (AvgIpc) is 2.88. The van der Waals surface area contributed by atoms with E-state index in [2.05, 4.69) is 49.2 Å². The molecule has 1 fully saturated rings. The summed E-state index contributed by atoms with van der Waals surface area (Å²) >= 11 is 0. The first-order valence-corrected chi connectivity index (χ1v) is 8.12. The Hall–Kier alpha value is -1.31. The summed E-state index contributed by atoms with van der Waals surface area (Å²) in [6.45, 7) is 6.29. The second-order valence-electron chi connectivity index (χ2n) is 6.34. The van der Waals surface area contributed by atoms with Crippen molar-refractivity contribution < 1.29 is 0 Å². The lowest BCUT2D eigenvalue weighted by Gasteiger charge is -2.36. The number of hydrogen-bond acceptors (Lipinski definition) is 3. The molecule has 1 aliphatic rings. The van der Waals surface area contributed by atoms with Gasteiger partial charge in [0.1, 0.15) is 11.8 Å². The van der Waals surface area contributed by atoms with Crippen LogP contribution >= 0.6 is 0 Å². The number of likely N-dealkylation sites (tertiary alicyclic amines) is 1. The smallest absolute Gasteiger partial charge is 0.120 e. The summed E-state index contributed by atoms with van der Waals surface area (Å²) in [4.78, 5) is 4.89. The summed E-state index contributed by atoms with van der Waals surface area (Å²) in [6, 6.07) is 5.04. The lowest BCUT2D eigenvalue weighted by Crippen LogP contribution is -2.40. The zero-order chi connectivity index (χ0) is 15.2. The molecule has 1 unspecified atom stereocenters. The predicted molar refractivity (Wildman–Crippen MR) is 86.0 cm³/mol. The SMILES string of the molecule is CCn1cc(CN2CCCCC2CCN(C)C)cc1C#N. The highest BCUT2D eigenvalue weighted by Gasteiger charge is 2.22. The lowest BCUT2D eigenvalue weighted by molar-refractivity contribution is 0.124. The Morgan fingerprint density at radius 3 is 2.81 bits per heavy atom. The zero-order valence-electron chi connectivity index (χ0n) is 13.7. The predicted octanol–water partition coefficient (Wildman–Crippen LogP) is 2.69. The number of piperidine rings is 1. The van der Waals surface area contributed by atoms with Gasteiger partial charge in [0.15, 0.2) is 0 Å². The van der Waals surface area contributed by atoms with Crippen LogP contribution in [0, 0.1) is 11.3 Å². The van der Waals surface area contributed by atoms with Crippen LogP contribution < -0.4 is 0 Å². The molecule has 0 spiro atoms. The minimum absolute atomic E-state index is 0.691. The maximum absolute atomic E-state index is 9.18. The molecule has 21 heavy (non-hydrogen) atoms. The molecule has 2 rings (SSSR count). The van der Waals surface area contributed by atoms with E-state index in [-0.39, 0.29) is 0 Å². The Morgan fingerprint density at radius 1 is 1.38 bits per heavy atom. The van der Waals surface area contributed by atoms with E-state index in [0.717, 1.165) is 25.3 Å². The fourth-order valence-electron chi connectivity index (χ4n) is 3.25. The van der Waals surface area contributed by atoms with Crippen molar-refractivity contribution in [3.8, 4) is 6.07 Å². The van der Waals surface area contributed by atoms with E-state index in [0.29, 0.717) is 6.04 Å². The van der Waals surface area contributed by atoms with Gasteiger partial charge in [-0.1, -0.05) is 6.42 Å². The van der Waals surface area contributed by atoms with Gasteiger partial charge in [0, 0.05) is 25.3 Å². The molecule has 1 aliphatic heterocycles. The number of nitrogens with zero attached hydrogens (tertiary/aromatic N) is 4. The monoisotopic (exact) mass is 288 g/mol. The largest absolute Gasteiger partial charge is 0.339 e. The summed E-state index contributed by atoms with van der Waals surface area (Å²) in [5.74, 6) is 0. The van der Waals surface area contributed by atoms with Crippen LogP contribution in [0.2, 0.25) is 0 Å². The van der Waals surface area contributed by atoms with Gasteiger partial charge in [-0.2, -0.15) is 5.26 Å². The first kappa shape index (κ1) is 16.1. The van der Waals surface area contributed by atoms with Crippen molar-refractivity contribution in [2.24, 2.45) is 0 Å². The Bertz CT molecular complexity index is 483. The fraction of sp³-hybridized carbons (Fsp3) is 0.706. The standard InChI is InChI=1S/C17H28N4/c1-4-20-13-15(11-17(20)12-18)14-21-9-6-5-7-16(21)8-10-19(2)3/h11,13,16H,4-10,14H2,1-3H3. The summed E-state index contributed by atoms with van der Waals surface area (Å²) < 4.78 is 2.05. The summed E-state index contributed by atoms with van der Waals surface area (Å²) in [5, 5.41) is 9.18. The number of nitriles is 1. The molecule has 0 N–H and O–H groups in total. The van der Waals surface area contributed by atoms with E-state index < -0.39 is 0 Å². The number of aromatic nitrogens is 1. The molecule has 116 valence electrons. The van der Waals surface area contributed by atoms with E-state index in [1.807, 2.05) is 4.57 Å². The molecular formula is C17H28N4. The Kier molecular flexibility index (Phi) is 5.84.